The number of halogens is 2. The van der Waals surface area contributed by atoms with E-state index >= 15 is 0 Å². The third kappa shape index (κ3) is 8.72. The Morgan fingerprint density at radius 2 is 2.00 bits per heavy atom. The summed E-state index contributed by atoms with van der Waals surface area (Å²) in [5.74, 6) is 0.639. The molecule has 0 atom stereocenters. The zero-order valence-corrected chi connectivity index (χ0v) is 19.5. The minimum atomic E-state index is -3.56. The monoisotopic (exact) mass is 537 g/mol. The lowest BCUT2D eigenvalue weighted by molar-refractivity contribution is 0.581. The first kappa shape index (κ1) is 24.6. The summed E-state index contributed by atoms with van der Waals surface area (Å²) < 4.78 is 26.8. The molecule has 28 heavy (non-hydrogen) atoms. The van der Waals surface area contributed by atoms with Crippen LogP contribution in [0.25, 0.3) is 0 Å². The minimum Gasteiger partial charge on any atom is -0.357 e. The number of aliphatic imine (C=N–C) groups is 1. The van der Waals surface area contributed by atoms with E-state index in [9.17, 15) is 8.42 Å². The van der Waals surface area contributed by atoms with Crippen LogP contribution in [0.5, 0.6) is 0 Å². The molecule has 1 aromatic heterocycles. The van der Waals surface area contributed by atoms with E-state index in [1.807, 2.05) is 31.2 Å². The number of pyridine rings is 1. The van der Waals surface area contributed by atoms with Gasteiger partial charge in [0.2, 0.25) is 10.0 Å². The molecule has 0 aliphatic heterocycles. The Bertz CT molecular complexity index is 850. The number of benzene rings is 1. The largest absolute Gasteiger partial charge is 0.357 e. The molecule has 0 fully saturated rings. The fourth-order valence-electron chi connectivity index (χ4n) is 2.30. The highest BCUT2D eigenvalue weighted by Gasteiger charge is 2.12. The van der Waals surface area contributed by atoms with Crippen LogP contribution in [0.1, 0.15) is 12.5 Å². The van der Waals surface area contributed by atoms with Gasteiger partial charge in [-0.15, -0.1) is 24.0 Å². The van der Waals surface area contributed by atoms with E-state index in [2.05, 4.69) is 25.3 Å². The smallest absolute Gasteiger partial charge is 0.242 e. The van der Waals surface area contributed by atoms with Gasteiger partial charge in [0, 0.05) is 37.1 Å². The van der Waals surface area contributed by atoms with Crippen molar-refractivity contribution < 1.29 is 8.42 Å². The van der Waals surface area contributed by atoms with Crippen molar-refractivity contribution in [3.05, 3.63) is 59.4 Å². The van der Waals surface area contributed by atoms with E-state index in [4.69, 9.17) is 11.6 Å². The normalized spacial score (nSPS) is 11.6. The standard InChI is InChI=1S/C18H24ClN5O2S.HI/c1-2-21-18(22-10-8-15-5-3-6-16(19)13-15)23-11-12-24-27(25,26)17-7-4-9-20-14-17;/h3-7,9,13-14,24H,2,8,10-12H2,1H3,(H2,21,22,23);1H. The minimum absolute atomic E-state index is 0. The molecule has 3 N–H and O–H groups in total. The van der Waals surface area contributed by atoms with Crippen molar-refractivity contribution in [2.75, 3.05) is 26.2 Å². The van der Waals surface area contributed by atoms with Gasteiger partial charge >= 0.3 is 0 Å². The highest BCUT2D eigenvalue weighted by molar-refractivity contribution is 14.0. The van der Waals surface area contributed by atoms with Crippen molar-refractivity contribution in [1.82, 2.24) is 20.3 Å². The fraction of sp³-hybridized carbons (Fsp3) is 0.333. The maximum Gasteiger partial charge on any atom is 0.242 e. The molecule has 7 nitrogen and oxygen atoms in total. The second-order valence-electron chi connectivity index (χ2n) is 5.65. The number of guanidine groups is 1. The Morgan fingerprint density at radius 3 is 2.68 bits per heavy atom. The lowest BCUT2D eigenvalue weighted by atomic mass is 10.1. The van der Waals surface area contributed by atoms with Crippen LogP contribution in [-0.4, -0.2) is 45.5 Å². The first-order valence-corrected chi connectivity index (χ1v) is 10.5. The second kappa shape index (κ2) is 12.9. The van der Waals surface area contributed by atoms with Gasteiger partial charge in [-0.2, -0.15) is 0 Å². The van der Waals surface area contributed by atoms with Crippen LogP contribution in [0.3, 0.4) is 0 Å². The molecule has 0 unspecified atom stereocenters. The Labute approximate surface area is 188 Å². The van der Waals surface area contributed by atoms with Gasteiger partial charge in [0.15, 0.2) is 5.96 Å². The van der Waals surface area contributed by atoms with Crippen LogP contribution >= 0.6 is 35.6 Å². The summed E-state index contributed by atoms with van der Waals surface area (Å²) in [4.78, 5) is 8.35. The Morgan fingerprint density at radius 1 is 1.18 bits per heavy atom. The molecule has 2 aromatic rings. The summed E-state index contributed by atoms with van der Waals surface area (Å²) in [7, 11) is -3.56. The van der Waals surface area contributed by atoms with E-state index in [1.54, 1.807) is 6.07 Å². The molecule has 0 aliphatic rings. The van der Waals surface area contributed by atoms with Crippen LogP contribution in [0.15, 0.2) is 58.7 Å². The maximum absolute atomic E-state index is 12.1. The number of hydrogen-bond donors (Lipinski definition) is 3. The lowest BCUT2D eigenvalue weighted by Gasteiger charge is -2.11. The van der Waals surface area contributed by atoms with Crippen LogP contribution in [0.4, 0.5) is 0 Å². The topological polar surface area (TPSA) is 95.5 Å². The van der Waals surface area contributed by atoms with E-state index in [0.29, 0.717) is 30.6 Å². The van der Waals surface area contributed by atoms with Crippen molar-refractivity contribution in [3.63, 3.8) is 0 Å². The Hall–Kier alpha value is -1.43. The summed E-state index contributed by atoms with van der Waals surface area (Å²) >= 11 is 5.99. The highest BCUT2D eigenvalue weighted by atomic mass is 127. The number of aromatic nitrogens is 1. The highest BCUT2D eigenvalue weighted by Crippen LogP contribution is 2.10. The number of sulfonamides is 1. The summed E-state index contributed by atoms with van der Waals surface area (Å²) in [6.45, 7) is 3.88. The zero-order chi connectivity index (χ0) is 19.5. The molecule has 0 saturated carbocycles. The first-order chi connectivity index (χ1) is 13.0. The predicted octanol–water partition coefficient (Wildman–Crippen LogP) is 2.43. The number of rotatable bonds is 9. The second-order valence-corrected chi connectivity index (χ2v) is 7.86. The molecule has 0 spiro atoms. The molecule has 0 bridgehead atoms. The number of hydrogen-bond acceptors (Lipinski definition) is 4. The van der Waals surface area contributed by atoms with Gasteiger partial charge in [0.1, 0.15) is 4.90 Å². The molecule has 10 heteroatoms. The van der Waals surface area contributed by atoms with Crippen molar-refractivity contribution in [3.8, 4) is 0 Å². The van der Waals surface area contributed by atoms with Gasteiger partial charge < -0.3 is 10.6 Å². The zero-order valence-electron chi connectivity index (χ0n) is 15.6. The van der Waals surface area contributed by atoms with E-state index in [1.165, 1.54) is 18.5 Å². The number of nitrogens with zero attached hydrogens (tertiary/aromatic N) is 2. The summed E-state index contributed by atoms with van der Waals surface area (Å²) in [6, 6.07) is 10.8. The summed E-state index contributed by atoms with van der Waals surface area (Å²) in [5.41, 5.74) is 1.13. The summed E-state index contributed by atoms with van der Waals surface area (Å²) in [5, 5.41) is 7.08. The van der Waals surface area contributed by atoms with Gasteiger partial charge in [0.05, 0.1) is 6.54 Å². The van der Waals surface area contributed by atoms with Gasteiger partial charge in [-0.3, -0.25) is 9.98 Å². The molecule has 0 amide bonds. The molecule has 0 aliphatic carbocycles. The van der Waals surface area contributed by atoms with Crippen molar-refractivity contribution in [2.24, 2.45) is 4.99 Å². The van der Waals surface area contributed by atoms with Crippen LogP contribution < -0.4 is 15.4 Å². The maximum atomic E-state index is 12.1. The molecule has 0 radical (unpaired) electrons. The average molecular weight is 538 g/mol. The Kier molecular flexibility index (Phi) is 11.4. The molecule has 0 saturated heterocycles. The fourth-order valence-corrected chi connectivity index (χ4v) is 3.49. The average Bonchev–Trinajstić information content (AvgIpc) is 2.66. The van der Waals surface area contributed by atoms with Crippen molar-refractivity contribution in [2.45, 2.75) is 18.2 Å². The molecular formula is C18H25ClIN5O2S. The SMILES string of the molecule is CCNC(=NCCNS(=O)(=O)c1cccnc1)NCCc1cccc(Cl)c1.I. The number of nitrogens with one attached hydrogen (secondary N) is 3. The third-order valence-corrected chi connectivity index (χ3v) is 5.24. The summed E-state index contributed by atoms with van der Waals surface area (Å²) in [6.07, 6.45) is 3.65. The molecule has 1 heterocycles. The lowest BCUT2D eigenvalue weighted by Crippen LogP contribution is -2.39. The van der Waals surface area contributed by atoms with Gasteiger partial charge in [0.25, 0.3) is 0 Å². The van der Waals surface area contributed by atoms with Crippen LogP contribution in [0.2, 0.25) is 5.02 Å². The molecule has 1 aromatic carbocycles. The molecule has 2 rings (SSSR count). The van der Waals surface area contributed by atoms with Crippen LogP contribution in [-0.2, 0) is 16.4 Å². The van der Waals surface area contributed by atoms with Crippen molar-refractivity contribution >= 4 is 51.6 Å². The van der Waals surface area contributed by atoms with Gasteiger partial charge in [-0.05, 0) is 43.2 Å². The van der Waals surface area contributed by atoms with E-state index < -0.39 is 10.0 Å². The van der Waals surface area contributed by atoms with E-state index in [-0.39, 0.29) is 35.4 Å². The van der Waals surface area contributed by atoms with Gasteiger partial charge in [-0.1, -0.05) is 23.7 Å². The van der Waals surface area contributed by atoms with Gasteiger partial charge in [-0.25, -0.2) is 13.1 Å². The van der Waals surface area contributed by atoms with Crippen molar-refractivity contribution in [1.29, 1.82) is 0 Å². The molecule has 154 valence electrons. The third-order valence-electron chi connectivity index (χ3n) is 3.56. The van der Waals surface area contributed by atoms with E-state index in [0.717, 1.165) is 12.0 Å². The molecular weight excluding hydrogens is 513 g/mol. The van der Waals surface area contributed by atoms with Crippen LogP contribution in [0, 0.1) is 0 Å². The Balaban J connectivity index is 0.00000392. The predicted molar refractivity (Wildman–Crippen MR) is 124 cm³/mol. The first-order valence-electron chi connectivity index (χ1n) is 8.67. The quantitative estimate of drug-likeness (QED) is 0.198.